The number of carbonyl (C=O) groups is 3. The van der Waals surface area contributed by atoms with Crippen LogP contribution in [0.4, 0.5) is 0 Å². The quantitative estimate of drug-likeness (QED) is 0.180. The average molecular weight is 595 g/mol. The van der Waals surface area contributed by atoms with Crippen LogP contribution < -0.4 is 4.74 Å². The highest BCUT2D eigenvalue weighted by Gasteiger charge is 2.52. The summed E-state index contributed by atoms with van der Waals surface area (Å²) in [5.41, 5.74) is 1.53. The van der Waals surface area contributed by atoms with Crippen LogP contribution in [0.25, 0.3) is 11.2 Å². The number of ether oxygens (including phenoxy) is 5. The second-order valence-electron chi connectivity index (χ2n) is 9.71. The van der Waals surface area contributed by atoms with Crippen LogP contribution in [0.15, 0.2) is 104 Å². The minimum atomic E-state index is -1.21. The van der Waals surface area contributed by atoms with Crippen LogP contribution in [0, 0.1) is 0 Å². The molecule has 5 aromatic rings. The third kappa shape index (κ3) is 5.83. The monoisotopic (exact) mass is 594 g/mol. The molecule has 3 heterocycles. The molecule has 222 valence electrons. The van der Waals surface area contributed by atoms with Crippen LogP contribution in [0.2, 0.25) is 0 Å². The summed E-state index contributed by atoms with van der Waals surface area (Å²) in [6, 6.07) is 25.1. The van der Waals surface area contributed by atoms with Gasteiger partial charge in [0.15, 0.2) is 29.6 Å². The predicted octanol–water partition coefficient (Wildman–Crippen LogP) is 4.04. The van der Waals surface area contributed by atoms with Crippen molar-refractivity contribution in [2.75, 3.05) is 13.7 Å². The average Bonchev–Trinajstić information content (AvgIpc) is 3.65. The molecule has 12 heteroatoms. The molecule has 1 saturated heterocycles. The van der Waals surface area contributed by atoms with E-state index in [9.17, 15) is 14.4 Å². The molecule has 0 spiro atoms. The van der Waals surface area contributed by atoms with Crippen molar-refractivity contribution in [1.82, 2.24) is 19.5 Å². The van der Waals surface area contributed by atoms with E-state index in [4.69, 9.17) is 23.7 Å². The highest BCUT2D eigenvalue weighted by molar-refractivity contribution is 5.91. The molecular formula is C32H26N4O8. The van der Waals surface area contributed by atoms with E-state index in [0.717, 1.165) is 0 Å². The zero-order valence-electron chi connectivity index (χ0n) is 23.4. The van der Waals surface area contributed by atoms with Gasteiger partial charge in [-0.15, -0.1) is 0 Å². The lowest BCUT2D eigenvalue weighted by atomic mass is 10.1. The lowest BCUT2D eigenvalue weighted by molar-refractivity contribution is -0.0606. The van der Waals surface area contributed by atoms with Gasteiger partial charge in [0.25, 0.3) is 0 Å². The summed E-state index contributed by atoms with van der Waals surface area (Å²) in [6.07, 6.45) is -1.83. The number of imidazole rings is 1. The molecule has 0 saturated carbocycles. The van der Waals surface area contributed by atoms with Crippen molar-refractivity contribution in [3.63, 3.8) is 0 Å². The highest BCUT2D eigenvalue weighted by Crippen LogP contribution is 2.37. The van der Waals surface area contributed by atoms with Gasteiger partial charge < -0.3 is 23.7 Å². The molecule has 1 aliphatic rings. The van der Waals surface area contributed by atoms with Gasteiger partial charge in [-0.25, -0.2) is 24.4 Å². The number of fused-ring (bicyclic) bond motifs is 1. The van der Waals surface area contributed by atoms with Crippen molar-refractivity contribution >= 4 is 29.1 Å². The van der Waals surface area contributed by atoms with E-state index < -0.39 is 42.4 Å². The summed E-state index contributed by atoms with van der Waals surface area (Å²) in [7, 11) is 1.45. The minimum Gasteiger partial charge on any atom is -0.479 e. The van der Waals surface area contributed by atoms with Crippen molar-refractivity contribution in [2.24, 2.45) is 0 Å². The summed E-state index contributed by atoms with van der Waals surface area (Å²) in [6.45, 7) is -0.318. The van der Waals surface area contributed by atoms with Crippen LogP contribution in [0.3, 0.4) is 0 Å². The van der Waals surface area contributed by atoms with E-state index in [0.29, 0.717) is 16.7 Å². The van der Waals surface area contributed by atoms with E-state index in [1.165, 1.54) is 24.3 Å². The second kappa shape index (κ2) is 12.7. The van der Waals surface area contributed by atoms with E-state index in [1.54, 1.807) is 91.0 Å². The molecule has 0 aliphatic carbocycles. The maximum absolute atomic E-state index is 13.4. The number of hydrogen-bond acceptors (Lipinski definition) is 11. The number of esters is 3. The number of benzene rings is 3. The summed E-state index contributed by atoms with van der Waals surface area (Å²) in [5, 5.41) is 0. The molecule has 4 atom stereocenters. The lowest BCUT2D eigenvalue weighted by Gasteiger charge is -2.25. The number of hydrogen-bond donors (Lipinski definition) is 0. The van der Waals surface area contributed by atoms with Gasteiger partial charge in [0.1, 0.15) is 19.0 Å². The zero-order chi connectivity index (χ0) is 30.5. The summed E-state index contributed by atoms with van der Waals surface area (Å²) in [4.78, 5) is 52.3. The molecule has 0 radical (unpaired) electrons. The van der Waals surface area contributed by atoms with Crippen LogP contribution >= 0.6 is 0 Å². The number of rotatable bonds is 9. The smallest absolute Gasteiger partial charge is 0.338 e. The molecule has 2 aromatic heterocycles. The Balaban J connectivity index is 1.38. The minimum absolute atomic E-state index is 0.227. The molecule has 1 fully saturated rings. The van der Waals surface area contributed by atoms with Crippen LogP contribution in [-0.2, 0) is 18.9 Å². The Labute approximate surface area is 251 Å². The molecule has 6 rings (SSSR count). The van der Waals surface area contributed by atoms with E-state index >= 15 is 0 Å². The van der Waals surface area contributed by atoms with Crippen molar-refractivity contribution in [2.45, 2.75) is 24.5 Å². The Morgan fingerprint density at radius 3 is 1.84 bits per heavy atom. The topological polar surface area (TPSA) is 141 Å². The second-order valence-corrected chi connectivity index (χ2v) is 9.71. The maximum atomic E-state index is 13.4. The Morgan fingerprint density at radius 2 is 1.27 bits per heavy atom. The van der Waals surface area contributed by atoms with Gasteiger partial charge >= 0.3 is 17.9 Å². The van der Waals surface area contributed by atoms with Crippen molar-refractivity contribution in [3.05, 3.63) is 120 Å². The molecule has 0 amide bonds. The molecular weight excluding hydrogens is 568 g/mol. The summed E-state index contributed by atoms with van der Waals surface area (Å²) < 4.78 is 30.8. The first-order chi connectivity index (χ1) is 21.5. The molecule has 44 heavy (non-hydrogen) atoms. The third-order valence-electron chi connectivity index (χ3n) is 6.97. The van der Waals surface area contributed by atoms with Gasteiger partial charge in [-0.2, -0.15) is 4.98 Å². The van der Waals surface area contributed by atoms with Gasteiger partial charge in [0.2, 0.25) is 5.88 Å². The Morgan fingerprint density at radius 1 is 0.727 bits per heavy atom. The van der Waals surface area contributed by atoms with E-state index in [2.05, 4.69) is 15.0 Å². The normalized spacial score (nSPS) is 19.3. The highest BCUT2D eigenvalue weighted by atomic mass is 16.7. The first kappa shape index (κ1) is 28.5. The molecule has 3 aromatic carbocycles. The van der Waals surface area contributed by atoms with Crippen LogP contribution in [-0.4, -0.2) is 69.5 Å². The van der Waals surface area contributed by atoms with Crippen molar-refractivity contribution < 1.29 is 38.1 Å². The van der Waals surface area contributed by atoms with Crippen molar-refractivity contribution in [1.29, 1.82) is 0 Å². The van der Waals surface area contributed by atoms with Gasteiger partial charge in [-0.3, -0.25) is 4.57 Å². The number of nitrogens with zero attached hydrogens (tertiary/aromatic N) is 4. The number of carbonyl (C=O) groups excluding carboxylic acids is 3. The SMILES string of the molecule is COc1ncnc2c1ncn2[C@@H]1O[C@H](COC(=O)c2ccccc2)C(OC(=O)c2ccccc2)C1OC(=O)c1ccccc1. The molecule has 1 aliphatic heterocycles. The molecule has 12 nitrogen and oxygen atoms in total. The first-order valence-electron chi connectivity index (χ1n) is 13.6. The Bertz CT molecular complexity index is 1760. The van der Waals surface area contributed by atoms with E-state index in [-0.39, 0.29) is 23.6 Å². The Kier molecular flexibility index (Phi) is 8.23. The van der Waals surface area contributed by atoms with Gasteiger partial charge in [0.05, 0.1) is 30.1 Å². The van der Waals surface area contributed by atoms with Gasteiger partial charge in [-0.05, 0) is 36.4 Å². The fourth-order valence-corrected chi connectivity index (χ4v) is 4.85. The Hall–Kier alpha value is -5.62. The van der Waals surface area contributed by atoms with Gasteiger partial charge in [-0.1, -0.05) is 54.6 Å². The van der Waals surface area contributed by atoms with Crippen molar-refractivity contribution in [3.8, 4) is 5.88 Å². The molecule has 0 N–H and O–H groups in total. The molecule has 2 unspecified atom stereocenters. The standard InChI is InChI=1S/C32H26N4O8/c1-40-28-24-27(33-18-34-28)36(19-35-24)29-26(44-32(39)22-15-9-4-10-16-22)25(43-31(38)21-13-7-3-8-14-21)23(42-29)17-41-30(37)20-11-5-2-6-12-20/h2-16,18-19,23,25-26,29H,17H2,1H3/t23-,25?,26?,29-/m1/s1. The fraction of sp³-hybridized carbons (Fsp3) is 0.188. The van der Waals surface area contributed by atoms with Crippen LogP contribution in [0.5, 0.6) is 5.88 Å². The predicted molar refractivity (Wildman–Crippen MR) is 154 cm³/mol. The van der Waals surface area contributed by atoms with Gasteiger partial charge in [0, 0.05) is 0 Å². The lowest BCUT2D eigenvalue weighted by Crippen LogP contribution is -2.41. The van der Waals surface area contributed by atoms with E-state index in [1.807, 2.05) is 0 Å². The number of methoxy groups -OCH3 is 1. The number of aromatic nitrogens is 4. The first-order valence-corrected chi connectivity index (χ1v) is 13.6. The summed E-state index contributed by atoms with van der Waals surface area (Å²) in [5.74, 6) is -1.73. The maximum Gasteiger partial charge on any atom is 0.338 e. The summed E-state index contributed by atoms with van der Waals surface area (Å²) >= 11 is 0. The van der Waals surface area contributed by atoms with Crippen LogP contribution in [0.1, 0.15) is 37.3 Å². The molecule has 0 bridgehead atoms. The zero-order valence-corrected chi connectivity index (χ0v) is 23.4. The largest absolute Gasteiger partial charge is 0.479 e. The fourth-order valence-electron chi connectivity index (χ4n) is 4.85. The third-order valence-corrected chi connectivity index (χ3v) is 6.97.